The van der Waals surface area contributed by atoms with Gasteiger partial charge in [-0.1, -0.05) is 72.8 Å². The van der Waals surface area contributed by atoms with Crippen molar-refractivity contribution in [2.45, 2.75) is 20.0 Å². The number of carboxylic acid groups (broad SMARTS) is 1. The Kier molecular flexibility index (Phi) is 10.8. The first-order valence-corrected chi connectivity index (χ1v) is 15.4. The van der Waals surface area contributed by atoms with Crippen LogP contribution in [0.25, 0.3) is 27.8 Å². The molecule has 0 saturated carbocycles. The Morgan fingerprint density at radius 2 is 0.979 bits per heavy atom. The van der Waals surface area contributed by atoms with Gasteiger partial charge in [0.25, 0.3) is 0 Å². The van der Waals surface area contributed by atoms with Crippen LogP contribution in [0.1, 0.15) is 25.0 Å². The Morgan fingerprint density at radius 1 is 0.596 bits per heavy atom. The summed E-state index contributed by atoms with van der Waals surface area (Å²) in [7, 11) is 3.32. The van der Waals surface area contributed by atoms with Crippen LogP contribution in [-0.4, -0.2) is 44.6 Å². The van der Waals surface area contributed by atoms with Gasteiger partial charge in [-0.05, 0) is 95.8 Å². The van der Waals surface area contributed by atoms with E-state index in [2.05, 4.69) is 48.5 Å². The monoisotopic (exact) mass is 630 g/mol. The first kappa shape index (κ1) is 32.7. The molecule has 5 aromatic carbocycles. The van der Waals surface area contributed by atoms with E-state index in [1.165, 1.54) is 6.92 Å². The highest BCUT2D eigenvalue weighted by atomic mass is 16.5. The molecule has 0 aromatic heterocycles. The number of hydrogen-bond donors (Lipinski definition) is 1. The summed E-state index contributed by atoms with van der Waals surface area (Å²) in [6.07, 6.45) is -0.955. The van der Waals surface area contributed by atoms with Crippen molar-refractivity contribution in [1.82, 2.24) is 0 Å². The summed E-state index contributed by atoms with van der Waals surface area (Å²) in [5.74, 6) is 2.32. The molecule has 5 aromatic rings. The van der Waals surface area contributed by atoms with Gasteiger partial charge >= 0.3 is 5.97 Å². The molecular weight excluding hydrogens is 592 g/mol. The van der Waals surface area contributed by atoms with E-state index in [9.17, 15) is 4.79 Å². The second kappa shape index (κ2) is 15.5. The number of hydrogen-bond acceptors (Lipinski definition) is 6. The van der Waals surface area contributed by atoms with Crippen LogP contribution in [0.5, 0.6) is 23.0 Å². The molecule has 240 valence electrons. The number of carboxylic acids is 1. The van der Waals surface area contributed by atoms with Gasteiger partial charge in [-0.2, -0.15) is 0 Å². The van der Waals surface area contributed by atoms with Gasteiger partial charge in [0.2, 0.25) is 0 Å². The van der Waals surface area contributed by atoms with Crippen LogP contribution >= 0.6 is 0 Å². The predicted octanol–water partition coefficient (Wildman–Crippen LogP) is 8.76. The lowest BCUT2D eigenvalue weighted by Gasteiger charge is -2.18. The molecule has 0 aliphatic rings. The van der Waals surface area contributed by atoms with Gasteiger partial charge in [-0.15, -0.1) is 0 Å². The third-order valence-corrected chi connectivity index (χ3v) is 7.65. The number of aliphatic carboxylic acids is 1. The average molecular weight is 631 g/mol. The second-order valence-electron chi connectivity index (χ2n) is 10.7. The predicted molar refractivity (Wildman–Crippen MR) is 184 cm³/mol. The van der Waals surface area contributed by atoms with Gasteiger partial charge in [0.15, 0.2) is 6.10 Å². The van der Waals surface area contributed by atoms with Crippen LogP contribution in [-0.2, 0) is 9.53 Å². The van der Waals surface area contributed by atoms with Gasteiger partial charge in [-0.25, -0.2) is 4.79 Å². The fourth-order valence-corrected chi connectivity index (χ4v) is 5.09. The van der Waals surface area contributed by atoms with Crippen molar-refractivity contribution >= 4 is 11.5 Å². The van der Waals surface area contributed by atoms with Crippen molar-refractivity contribution in [3.05, 3.63) is 138 Å². The fraction of sp³-hybridized carbons (Fsp3) is 0.175. The lowest BCUT2D eigenvalue weighted by molar-refractivity contribution is -0.144. The normalized spacial score (nSPS) is 11.2. The van der Waals surface area contributed by atoms with Gasteiger partial charge in [-0.3, -0.25) is 0 Å². The number of benzene rings is 5. The maximum absolute atomic E-state index is 11.2. The number of ether oxygens (including phenoxy) is 5. The van der Waals surface area contributed by atoms with Crippen molar-refractivity contribution in [2.24, 2.45) is 0 Å². The standard InChI is InChI=1S/C40H38O7/c1-5-45-38(26-46-36-22-24-37(25-23-36)47-27(2)40(41)42)39(32-10-6-28(7-11-32)30-14-18-34(43-3)19-15-30)33-12-8-29(9-13-33)31-16-20-35(44-4)21-17-31/h6-25,27H,5,26H2,1-4H3,(H,41,42). The zero-order chi connectivity index (χ0) is 33.2. The van der Waals surface area contributed by atoms with Gasteiger partial charge in [0.1, 0.15) is 35.4 Å². The lowest BCUT2D eigenvalue weighted by Crippen LogP contribution is -2.22. The van der Waals surface area contributed by atoms with Crippen molar-refractivity contribution in [3.8, 4) is 45.3 Å². The summed E-state index contributed by atoms with van der Waals surface area (Å²) in [5.41, 5.74) is 7.23. The molecular formula is C40H38O7. The smallest absolute Gasteiger partial charge is 0.344 e. The minimum Gasteiger partial charge on any atom is -0.497 e. The Morgan fingerprint density at radius 3 is 1.36 bits per heavy atom. The minimum atomic E-state index is -1.03. The Hall–Kier alpha value is -5.69. The van der Waals surface area contributed by atoms with Gasteiger partial charge in [0.05, 0.1) is 20.8 Å². The summed E-state index contributed by atoms with van der Waals surface area (Å²) in [6, 6.07) is 39.7. The summed E-state index contributed by atoms with van der Waals surface area (Å²) in [4.78, 5) is 11.2. The van der Waals surface area contributed by atoms with Crippen molar-refractivity contribution in [1.29, 1.82) is 0 Å². The Balaban J connectivity index is 1.48. The molecule has 0 amide bonds. The molecule has 7 heteroatoms. The molecule has 0 aliphatic heterocycles. The third kappa shape index (κ3) is 8.32. The first-order chi connectivity index (χ1) is 22.9. The molecule has 0 heterocycles. The van der Waals surface area contributed by atoms with E-state index in [0.717, 1.165) is 50.5 Å². The average Bonchev–Trinajstić information content (AvgIpc) is 3.12. The summed E-state index contributed by atoms with van der Waals surface area (Å²) < 4.78 is 28.6. The molecule has 47 heavy (non-hydrogen) atoms. The third-order valence-electron chi connectivity index (χ3n) is 7.65. The number of methoxy groups -OCH3 is 2. The zero-order valence-electron chi connectivity index (χ0n) is 26.9. The quantitative estimate of drug-likeness (QED) is 0.123. The van der Waals surface area contributed by atoms with E-state index in [4.69, 9.17) is 28.8 Å². The van der Waals surface area contributed by atoms with Crippen LogP contribution in [0.4, 0.5) is 0 Å². The van der Waals surface area contributed by atoms with Crippen molar-refractivity contribution in [3.63, 3.8) is 0 Å². The first-order valence-electron chi connectivity index (χ1n) is 15.4. The highest BCUT2D eigenvalue weighted by Gasteiger charge is 2.17. The molecule has 5 rings (SSSR count). The van der Waals surface area contributed by atoms with Crippen LogP contribution in [0, 0.1) is 0 Å². The SMILES string of the molecule is CCOC(COc1ccc(OC(C)C(=O)O)cc1)=C(c1ccc(-c2ccc(OC)cc2)cc1)c1ccc(-c2ccc(OC)cc2)cc1. The van der Waals surface area contributed by atoms with Crippen LogP contribution in [0.3, 0.4) is 0 Å². The highest BCUT2D eigenvalue weighted by Crippen LogP contribution is 2.33. The van der Waals surface area contributed by atoms with E-state index >= 15 is 0 Å². The molecule has 1 unspecified atom stereocenters. The molecule has 0 radical (unpaired) electrons. The molecule has 0 saturated heterocycles. The van der Waals surface area contributed by atoms with E-state index in [1.54, 1.807) is 38.5 Å². The maximum Gasteiger partial charge on any atom is 0.344 e. The molecule has 0 aliphatic carbocycles. The van der Waals surface area contributed by atoms with Crippen molar-refractivity contribution in [2.75, 3.05) is 27.4 Å². The molecule has 7 nitrogen and oxygen atoms in total. The van der Waals surface area contributed by atoms with E-state index < -0.39 is 12.1 Å². The summed E-state index contributed by atoms with van der Waals surface area (Å²) in [6.45, 7) is 4.07. The molecule has 0 fully saturated rings. The van der Waals surface area contributed by atoms with Crippen LogP contribution in [0.2, 0.25) is 0 Å². The lowest BCUT2D eigenvalue weighted by atomic mass is 9.93. The van der Waals surface area contributed by atoms with E-state index in [1.807, 2.05) is 55.5 Å². The number of rotatable bonds is 14. The topological polar surface area (TPSA) is 83.5 Å². The highest BCUT2D eigenvalue weighted by molar-refractivity contribution is 5.83. The van der Waals surface area contributed by atoms with Gasteiger partial charge in [0, 0.05) is 5.57 Å². The molecule has 0 spiro atoms. The zero-order valence-corrected chi connectivity index (χ0v) is 26.9. The second-order valence-corrected chi connectivity index (χ2v) is 10.7. The van der Waals surface area contributed by atoms with Gasteiger partial charge < -0.3 is 28.8 Å². The van der Waals surface area contributed by atoms with E-state index in [0.29, 0.717) is 23.9 Å². The summed E-state index contributed by atoms with van der Waals surface area (Å²) >= 11 is 0. The van der Waals surface area contributed by atoms with E-state index in [-0.39, 0.29) is 6.61 Å². The Labute approximate surface area is 275 Å². The van der Waals surface area contributed by atoms with Crippen molar-refractivity contribution < 1.29 is 33.6 Å². The minimum absolute atomic E-state index is 0.176. The van der Waals surface area contributed by atoms with Crippen LogP contribution < -0.4 is 18.9 Å². The maximum atomic E-state index is 11.2. The largest absolute Gasteiger partial charge is 0.497 e. The molecule has 1 atom stereocenters. The van der Waals surface area contributed by atoms with Crippen LogP contribution in [0.15, 0.2) is 127 Å². The fourth-order valence-electron chi connectivity index (χ4n) is 5.09. The number of carbonyl (C=O) groups is 1. The molecule has 1 N–H and O–H groups in total. The Bertz CT molecular complexity index is 1680. The molecule has 0 bridgehead atoms. The summed E-state index contributed by atoms with van der Waals surface area (Å²) in [5, 5.41) is 9.14.